The largest absolute Gasteiger partial charge is 0.340 e. The lowest BCUT2D eigenvalue weighted by atomic mass is 9.83. The maximum Gasteiger partial charge on any atom is 0.228 e. The van der Waals surface area contributed by atoms with Gasteiger partial charge in [0, 0.05) is 39.6 Å². The van der Waals surface area contributed by atoms with Gasteiger partial charge in [0.2, 0.25) is 11.8 Å². The Labute approximate surface area is 144 Å². The van der Waals surface area contributed by atoms with Gasteiger partial charge in [0.25, 0.3) is 0 Å². The van der Waals surface area contributed by atoms with Crippen molar-refractivity contribution in [2.24, 2.45) is 5.92 Å². The number of benzene rings is 1. The summed E-state index contributed by atoms with van der Waals surface area (Å²) in [5.41, 5.74) is 2.24. The number of amides is 2. The molecule has 1 aromatic rings. The molecule has 2 aliphatic rings. The molecule has 2 amide bonds. The summed E-state index contributed by atoms with van der Waals surface area (Å²) >= 11 is 0. The summed E-state index contributed by atoms with van der Waals surface area (Å²) in [6.45, 7) is 5.45. The van der Waals surface area contributed by atoms with E-state index in [1.54, 1.807) is 4.90 Å². The number of piperazine rings is 1. The summed E-state index contributed by atoms with van der Waals surface area (Å²) < 4.78 is 0. The van der Waals surface area contributed by atoms with Crippen LogP contribution in [0.3, 0.4) is 0 Å². The van der Waals surface area contributed by atoms with E-state index in [1.807, 2.05) is 18.9 Å². The van der Waals surface area contributed by atoms with Crippen LogP contribution in [0.1, 0.15) is 30.0 Å². The Kier molecular flexibility index (Phi) is 4.90. The smallest absolute Gasteiger partial charge is 0.228 e. The van der Waals surface area contributed by atoms with Crippen LogP contribution in [0.25, 0.3) is 0 Å². The van der Waals surface area contributed by atoms with E-state index in [0.717, 1.165) is 31.7 Å². The van der Waals surface area contributed by atoms with Gasteiger partial charge >= 0.3 is 0 Å². The molecule has 0 radical (unpaired) electrons. The van der Waals surface area contributed by atoms with Gasteiger partial charge in [-0.25, -0.2) is 0 Å². The summed E-state index contributed by atoms with van der Waals surface area (Å²) in [4.78, 5) is 31.4. The van der Waals surface area contributed by atoms with Crippen molar-refractivity contribution in [1.82, 2.24) is 14.7 Å². The van der Waals surface area contributed by atoms with Crippen molar-refractivity contribution < 1.29 is 9.59 Å². The molecule has 130 valence electrons. The second-order valence-corrected chi connectivity index (χ2v) is 7.13. The molecule has 2 fully saturated rings. The Balaban J connectivity index is 1.84. The molecule has 2 saturated heterocycles. The summed E-state index contributed by atoms with van der Waals surface area (Å²) in [6.07, 6.45) is 1.11. The first-order chi connectivity index (χ1) is 11.5. The number of likely N-dealkylation sites (N-methyl/N-ethyl adjacent to an activating group) is 1. The second-order valence-electron chi connectivity index (χ2n) is 7.13. The Morgan fingerprint density at radius 3 is 2.29 bits per heavy atom. The number of aryl methyl sites for hydroxylation is 1. The number of hydrogen-bond donors (Lipinski definition) is 0. The van der Waals surface area contributed by atoms with Crippen LogP contribution in [0.15, 0.2) is 24.3 Å². The van der Waals surface area contributed by atoms with Crippen molar-refractivity contribution in [2.45, 2.75) is 25.8 Å². The quantitative estimate of drug-likeness (QED) is 0.829. The normalized spacial score (nSPS) is 25.9. The first-order valence-corrected chi connectivity index (χ1v) is 8.77. The van der Waals surface area contributed by atoms with E-state index in [4.69, 9.17) is 0 Å². The predicted octanol–water partition coefficient (Wildman–Crippen LogP) is 1.68. The maximum absolute atomic E-state index is 13.1. The van der Waals surface area contributed by atoms with Gasteiger partial charge in [0.05, 0.1) is 12.0 Å². The molecule has 2 aliphatic heterocycles. The lowest BCUT2D eigenvalue weighted by Gasteiger charge is -2.42. The lowest BCUT2D eigenvalue weighted by molar-refractivity contribution is -0.147. The fraction of sp³-hybridized carbons (Fsp3) is 0.579. The highest BCUT2D eigenvalue weighted by Gasteiger charge is 2.40. The average molecular weight is 329 g/mol. The summed E-state index contributed by atoms with van der Waals surface area (Å²) in [5, 5.41) is 0. The first-order valence-electron chi connectivity index (χ1n) is 8.77. The van der Waals surface area contributed by atoms with Gasteiger partial charge in [0.1, 0.15) is 0 Å². The molecule has 0 unspecified atom stereocenters. The van der Waals surface area contributed by atoms with E-state index in [2.05, 4.69) is 36.2 Å². The Morgan fingerprint density at radius 2 is 1.67 bits per heavy atom. The monoisotopic (exact) mass is 329 g/mol. The molecule has 0 aliphatic carbocycles. The molecule has 2 atom stereocenters. The summed E-state index contributed by atoms with van der Waals surface area (Å²) in [7, 11) is 3.92. The minimum absolute atomic E-state index is 0.128. The van der Waals surface area contributed by atoms with Crippen molar-refractivity contribution in [1.29, 1.82) is 0 Å². The lowest BCUT2D eigenvalue weighted by Crippen LogP contribution is -2.52. The van der Waals surface area contributed by atoms with Gasteiger partial charge in [0.15, 0.2) is 0 Å². The molecule has 0 bridgehead atoms. The molecule has 2 heterocycles. The Bertz CT molecular complexity index is 606. The van der Waals surface area contributed by atoms with E-state index in [0.29, 0.717) is 12.8 Å². The summed E-state index contributed by atoms with van der Waals surface area (Å²) in [5.74, 6) is 0.190. The first kappa shape index (κ1) is 17.0. The van der Waals surface area contributed by atoms with Gasteiger partial charge in [-0.2, -0.15) is 0 Å². The van der Waals surface area contributed by atoms with E-state index >= 15 is 0 Å². The third kappa shape index (κ3) is 3.31. The number of piperidine rings is 1. The van der Waals surface area contributed by atoms with E-state index in [1.165, 1.54) is 5.56 Å². The van der Waals surface area contributed by atoms with Crippen LogP contribution < -0.4 is 0 Å². The van der Waals surface area contributed by atoms with Crippen LogP contribution in [0.2, 0.25) is 0 Å². The van der Waals surface area contributed by atoms with Gasteiger partial charge in [-0.3, -0.25) is 9.59 Å². The number of carbonyl (C=O) groups excluding carboxylic acids is 2. The number of rotatable bonds is 2. The van der Waals surface area contributed by atoms with Crippen LogP contribution in [0, 0.1) is 12.8 Å². The van der Waals surface area contributed by atoms with Crippen LogP contribution in [-0.2, 0) is 9.59 Å². The predicted molar refractivity (Wildman–Crippen MR) is 93.5 cm³/mol. The minimum atomic E-state index is -0.154. The van der Waals surface area contributed by atoms with Crippen molar-refractivity contribution in [3.63, 3.8) is 0 Å². The molecule has 3 rings (SSSR count). The molecule has 0 saturated carbocycles. The number of likely N-dealkylation sites (tertiary alicyclic amines) is 1. The number of hydrogen-bond acceptors (Lipinski definition) is 3. The fourth-order valence-electron chi connectivity index (χ4n) is 3.78. The molecule has 24 heavy (non-hydrogen) atoms. The van der Waals surface area contributed by atoms with Crippen LogP contribution in [-0.4, -0.2) is 66.8 Å². The summed E-state index contributed by atoms with van der Waals surface area (Å²) in [6, 6.07) is 8.07. The SMILES string of the molecule is Cc1ccc([C@@H]2[C@@H](C(=O)N3CCN(C)CC3)CCC(=O)N2C)cc1. The van der Waals surface area contributed by atoms with Gasteiger partial charge in [-0.1, -0.05) is 29.8 Å². The highest BCUT2D eigenvalue weighted by atomic mass is 16.2. The third-order valence-electron chi connectivity index (χ3n) is 5.41. The standard InChI is InChI=1S/C19H27N3O2/c1-14-4-6-15(7-5-14)18-16(8-9-17(23)21(18)3)19(24)22-12-10-20(2)11-13-22/h4-7,16,18H,8-13H2,1-3H3/t16-,18+/m0/s1. The maximum atomic E-state index is 13.1. The molecule has 0 N–H and O–H groups in total. The van der Waals surface area contributed by atoms with Crippen LogP contribution in [0.5, 0.6) is 0 Å². The van der Waals surface area contributed by atoms with Gasteiger partial charge in [-0.15, -0.1) is 0 Å². The highest BCUT2D eigenvalue weighted by molar-refractivity contribution is 5.85. The van der Waals surface area contributed by atoms with Crippen molar-refractivity contribution in [2.75, 3.05) is 40.3 Å². The Morgan fingerprint density at radius 1 is 1.04 bits per heavy atom. The molecule has 5 heteroatoms. The van der Waals surface area contributed by atoms with Gasteiger partial charge < -0.3 is 14.7 Å². The zero-order valence-corrected chi connectivity index (χ0v) is 14.9. The fourth-order valence-corrected chi connectivity index (χ4v) is 3.78. The zero-order chi connectivity index (χ0) is 17.3. The topological polar surface area (TPSA) is 43.9 Å². The highest BCUT2D eigenvalue weighted by Crippen LogP contribution is 2.37. The minimum Gasteiger partial charge on any atom is -0.340 e. The molecule has 0 aromatic heterocycles. The van der Waals surface area contributed by atoms with Crippen molar-refractivity contribution >= 4 is 11.8 Å². The molecule has 0 spiro atoms. The molecule has 5 nitrogen and oxygen atoms in total. The third-order valence-corrected chi connectivity index (χ3v) is 5.41. The van der Waals surface area contributed by atoms with Crippen molar-refractivity contribution in [3.05, 3.63) is 35.4 Å². The van der Waals surface area contributed by atoms with E-state index in [-0.39, 0.29) is 23.8 Å². The second kappa shape index (κ2) is 6.93. The van der Waals surface area contributed by atoms with Crippen LogP contribution >= 0.6 is 0 Å². The van der Waals surface area contributed by atoms with E-state index < -0.39 is 0 Å². The van der Waals surface area contributed by atoms with E-state index in [9.17, 15) is 9.59 Å². The number of carbonyl (C=O) groups is 2. The molecular formula is C19H27N3O2. The average Bonchev–Trinajstić information content (AvgIpc) is 2.58. The zero-order valence-electron chi connectivity index (χ0n) is 14.9. The van der Waals surface area contributed by atoms with Gasteiger partial charge in [-0.05, 0) is 26.0 Å². The Hall–Kier alpha value is -1.88. The van der Waals surface area contributed by atoms with Crippen LogP contribution in [0.4, 0.5) is 0 Å². The molecular weight excluding hydrogens is 302 g/mol. The number of nitrogens with zero attached hydrogens (tertiary/aromatic N) is 3. The molecule has 1 aromatic carbocycles. The van der Waals surface area contributed by atoms with Crippen molar-refractivity contribution in [3.8, 4) is 0 Å².